The third-order valence-electron chi connectivity index (χ3n) is 2.24. The number of halogens is 1. The van der Waals surface area contributed by atoms with Gasteiger partial charge in [0.15, 0.2) is 5.82 Å². The zero-order chi connectivity index (χ0) is 13.8. The van der Waals surface area contributed by atoms with E-state index >= 15 is 0 Å². The summed E-state index contributed by atoms with van der Waals surface area (Å²) >= 11 is 3.15. The quantitative estimate of drug-likeness (QED) is 0.661. The molecule has 0 aliphatic heterocycles. The van der Waals surface area contributed by atoms with Crippen molar-refractivity contribution >= 4 is 27.4 Å². The van der Waals surface area contributed by atoms with E-state index in [1.54, 1.807) is 6.92 Å². The summed E-state index contributed by atoms with van der Waals surface area (Å²) in [5.74, 6) is 1.25. The van der Waals surface area contributed by atoms with E-state index in [1.807, 2.05) is 0 Å². The topological polar surface area (TPSA) is 107 Å². The SMILES string of the molecule is Cc1nc(CCNc2ncc(Br)cc2[N+](=O)[O-])no1. The predicted octanol–water partition coefficient (Wildman–Crippen LogP) is 2.10. The highest BCUT2D eigenvalue weighted by atomic mass is 79.9. The summed E-state index contributed by atoms with van der Waals surface area (Å²) in [5, 5.41) is 17.5. The molecule has 0 saturated heterocycles. The summed E-state index contributed by atoms with van der Waals surface area (Å²) in [6.45, 7) is 2.12. The fourth-order valence-corrected chi connectivity index (χ4v) is 1.76. The zero-order valence-electron chi connectivity index (χ0n) is 9.96. The number of nitrogens with one attached hydrogen (secondary N) is 1. The first kappa shape index (κ1) is 13.4. The smallest absolute Gasteiger partial charge is 0.312 e. The van der Waals surface area contributed by atoms with Crippen LogP contribution in [0.3, 0.4) is 0 Å². The van der Waals surface area contributed by atoms with Gasteiger partial charge in [0.2, 0.25) is 11.7 Å². The van der Waals surface area contributed by atoms with Crippen molar-refractivity contribution in [3.05, 3.63) is 38.6 Å². The van der Waals surface area contributed by atoms with Crippen molar-refractivity contribution in [3.63, 3.8) is 0 Å². The monoisotopic (exact) mass is 327 g/mol. The first-order chi connectivity index (χ1) is 9.06. The first-order valence-electron chi connectivity index (χ1n) is 5.39. The molecule has 0 aliphatic rings. The van der Waals surface area contributed by atoms with Gasteiger partial charge >= 0.3 is 5.69 Å². The summed E-state index contributed by atoms with van der Waals surface area (Å²) in [6.07, 6.45) is 1.99. The van der Waals surface area contributed by atoms with Gasteiger partial charge in [-0.25, -0.2) is 4.98 Å². The van der Waals surface area contributed by atoms with Gasteiger partial charge in [0.25, 0.3) is 0 Å². The van der Waals surface area contributed by atoms with Crippen LogP contribution in [0.25, 0.3) is 0 Å². The lowest BCUT2D eigenvalue weighted by Gasteiger charge is -2.04. The lowest BCUT2D eigenvalue weighted by Crippen LogP contribution is -2.09. The Bertz CT molecular complexity index is 601. The largest absolute Gasteiger partial charge is 0.364 e. The number of hydrogen-bond donors (Lipinski definition) is 1. The molecule has 0 unspecified atom stereocenters. The number of hydrogen-bond acceptors (Lipinski definition) is 7. The van der Waals surface area contributed by atoms with Crippen molar-refractivity contribution in [2.24, 2.45) is 0 Å². The Balaban J connectivity index is 2.01. The molecule has 0 amide bonds. The highest BCUT2D eigenvalue weighted by molar-refractivity contribution is 9.10. The maximum absolute atomic E-state index is 10.9. The van der Waals surface area contributed by atoms with E-state index < -0.39 is 4.92 Å². The molecule has 0 spiro atoms. The van der Waals surface area contributed by atoms with Crippen LogP contribution in [0.15, 0.2) is 21.3 Å². The number of aromatic nitrogens is 3. The van der Waals surface area contributed by atoms with E-state index in [2.05, 4.69) is 36.4 Å². The molecule has 1 N–H and O–H groups in total. The summed E-state index contributed by atoms with van der Waals surface area (Å²) < 4.78 is 5.38. The van der Waals surface area contributed by atoms with Crippen molar-refractivity contribution in [3.8, 4) is 0 Å². The number of anilines is 1. The van der Waals surface area contributed by atoms with E-state index in [4.69, 9.17) is 4.52 Å². The van der Waals surface area contributed by atoms with E-state index in [-0.39, 0.29) is 11.5 Å². The Morgan fingerprint density at radius 3 is 3.00 bits per heavy atom. The molecule has 0 aromatic carbocycles. The van der Waals surface area contributed by atoms with Gasteiger partial charge in [-0.3, -0.25) is 10.1 Å². The van der Waals surface area contributed by atoms with Crippen LogP contribution >= 0.6 is 15.9 Å². The average Bonchev–Trinajstić information content (AvgIpc) is 2.77. The van der Waals surface area contributed by atoms with Crippen LogP contribution in [0.2, 0.25) is 0 Å². The van der Waals surface area contributed by atoms with Gasteiger partial charge in [0, 0.05) is 36.6 Å². The van der Waals surface area contributed by atoms with Gasteiger partial charge in [-0.05, 0) is 15.9 Å². The average molecular weight is 328 g/mol. The van der Waals surface area contributed by atoms with Crippen LogP contribution in [-0.2, 0) is 6.42 Å². The van der Waals surface area contributed by atoms with Gasteiger partial charge in [-0.15, -0.1) is 0 Å². The Hall–Kier alpha value is -2.03. The molecule has 0 fully saturated rings. The van der Waals surface area contributed by atoms with Gasteiger partial charge in [0.1, 0.15) is 0 Å². The molecule has 0 radical (unpaired) electrons. The molecule has 0 bridgehead atoms. The number of pyridine rings is 1. The van der Waals surface area contributed by atoms with Crippen molar-refractivity contribution < 1.29 is 9.45 Å². The highest BCUT2D eigenvalue weighted by Crippen LogP contribution is 2.25. The van der Waals surface area contributed by atoms with E-state index in [0.29, 0.717) is 29.2 Å². The fourth-order valence-electron chi connectivity index (χ4n) is 1.44. The van der Waals surface area contributed by atoms with E-state index in [1.165, 1.54) is 12.3 Å². The second kappa shape index (κ2) is 5.74. The fraction of sp³-hybridized carbons (Fsp3) is 0.300. The molecule has 2 aromatic rings. The summed E-state index contributed by atoms with van der Waals surface area (Å²) in [4.78, 5) is 18.4. The molecule has 2 aromatic heterocycles. The lowest BCUT2D eigenvalue weighted by atomic mass is 10.3. The van der Waals surface area contributed by atoms with Crippen molar-refractivity contribution in [1.29, 1.82) is 0 Å². The highest BCUT2D eigenvalue weighted by Gasteiger charge is 2.15. The second-order valence-electron chi connectivity index (χ2n) is 3.68. The Morgan fingerprint density at radius 1 is 1.58 bits per heavy atom. The molecule has 2 rings (SSSR count). The maximum Gasteiger partial charge on any atom is 0.312 e. The van der Waals surface area contributed by atoms with Gasteiger partial charge in [-0.1, -0.05) is 5.16 Å². The molecular formula is C10H10BrN5O3. The Kier molecular flexibility index (Phi) is 4.05. The van der Waals surface area contributed by atoms with Gasteiger partial charge in [0.05, 0.1) is 4.92 Å². The van der Waals surface area contributed by atoms with Crippen LogP contribution in [0.5, 0.6) is 0 Å². The standard InChI is InChI=1S/C10H10BrN5O3/c1-6-14-9(15-19-6)2-3-12-10-8(16(17)18)4-7(11)5-13-10/h4-5H,2-3H2,1H3,(H,12,13). The minimum atomic E-state index is -0.488. The number of nitro groups is 1. The Labute approximate surface area is 116 Å². The van der Waals surface area contributed by atoms with E-state index in [0.717, 1.165) is 0 Å². The van der Waals surface area contributed by atoms with Crippen LogP contribution in [-0.4, -0.2) is 26.6 Å². The molecule has 9 heteroatoms. The Morgan fingerprint density at radius 2 is 2.37 bits per heavy atom. The van der Waals surface area contributed by atoms with Gasteiger partial charge < -0.3 is 9.84 Å². The van der Waals surface area contributed by atoms with Crippen LogP contribution in [0, 0.1) is 17.0 Å². The molecule has 19 heavy (non-hydrogen) atoms. The second-order valence-corrected chi connectivity index (χ2v) is 4.60. The predicted molar refractivity (Wildman–Crippen MR) is 69.8 cm³/mol. The first-order valence-corrected chi connectivity index (χ1v) is 6.18. The number of nitrogens with zero attached hydrogens (tertiary/aromatic N) is 4. The summed E-state index contributed by atoms with van der Waals surface area (Å²) in [5.41, 5.74) is -0.0846. The molecule has 8 nitrogen and oxygen atoms in total. The molecule has 0 saturated carbocycles. The minimum Gasteiger partial charge on any atom is -0.364 e. The normalized spacial score (nSPS) is 10.4. The summed E-state index contributed by atoms with van der Waals surface area (Å²) in [6, 6.07) is 1.40. The van der Waals surface area contributed by atoms with Crippen molar-refractivity contribution in [2.75, 3.05) is 11.9 Å². The van der Waals surface area contributed by atoms with Crippen molar-refractivity contribution in [1.82, 2.24) is 15.1 Å². The number of rotatable bonds is 5. The zero-order valence-corrected chi connectivity index (χ0v) is 11.5. The number of aryl methyl sites for hydroxylation is 1. The molecule has 100 valence electrons. The third kappa shape index (κ3) is 3.47. The summed E-state index contributed by atoms with van der Waals surface area (Å²) in [7, 11) is 0. The van der Waals surface area contributed by atoms with E-state index in [9.17, 15) is 10.1 Å². The van der Waals surface area contributed by atoms with Gasteiger partial charge in [-0.2, -0.15) is 4.98 Å². The van der Waals surface area contributed by atoms with Crippen LogP contribution in [0.4, 0.5) is 11.5 Å². The molecular weight excluding hydrogens is 318 g/mol. The molecule has 0 atom stereocenters. The lowest BCUT2D eigenvalue weighted by molar-refractivity contribution is -0.384. The maximum atomic E-state index is 10.9. The van der Waals surface area contributed by atoms with Crippen LogP contribution in [0.1, 0.15) is 11.7 Å². The molecule has 0 aliphatic carbocycles. The van der Waals surface area contributed by atoms with Crippen molar-refractivity contribution in [2.45, 2.75) is 13.3 Å². The third-order valence-corrected chi connectivity index (χ3v) is 2.68. The minimum absolute atomic E-state index is 0.0846. The molecule has 2 heterocycles. The van der Waals surface area contributed by atoms with Crippen LogP contribution < -0.4 is 5.32 Å².